The van der Waals surface area contributed by atoms with Crippen LogP contribution in [0.2, 0.25) is 0 Å². The van der Waals surface area contributed by atoms with Crippen LogP contribution in [0.4, 0.5) is 10.1 Å². The largest absolute Gasteiger partial charge is 0.504 e. The molecule has 1 fully saturated rings. The number of nitrogens with zero attached hydrogens (tertiary/aromatic N) is 3. The molecule has 3 N–H and O–H groups in total. The van der Waals surface area contributed by atoms with Crippen LogP contribution in [0, 0.1) is 0 Å². The quantitative estimate of drug-likeness (QED) is 0.585. The molecule has 1 aromatic heterocycles. The van der Waals surface area contributed by atoms with Crippen molar-refractivity contribution in [2.45, 2.75) is 0 Å². The summed E-state index contributed by atoms with van der Waals surface area (Å²) in [5.41, 5.74) is 3.39. The Morgan fingerprint density at radius 1 is 1.14 bits per heavy atom. The summed E-state index contributed by atoms with van der Waals surface area (Å²) in [6.07, 6.45) is 0. The van der Waals surface area contributed by atoms with Gasteiger partial charge in [0.05, 0.1) is 18.1 Å². The highest BCUT2D eigenvalue weighted by atomic mass is 19.1. The molecule has 2 aromatic carbocycles. The summed E-state index contributed by atoms with van der Waals surface area (Å²) in [5.74, 6) is 0.203. The highest BCUT2D eigenvalue weighted by Gasteiger charge is 2.18. The van der Waals surface area contributed by atoms with E-state index in [4.69, 9.17) is 4.74 Å². The van der Waals surface area contributed by atoms with Crippen LogP contribution in [0.5, 0.6) is 17.2 Å². The molecule has 0 unspecified atom stereocenters. The Bertz CT molecular complexity index is 983. The van der Waals surface area contributed by atoms with E-state index in [0.717, 1.165) is 42.9 Å². The molecule has 0 atom stereocenters. The lowest BCUT2D eigenvalue weighted by Gasteiger charge is -2.35. The van der Waals surface area contributed by atoms with Crippen LogP contribution in [-0.4, -0.2) is 71.6 Å². The van der Waals surface area contributed by atoms with Crippen molar-refractivity contribution in [1.29, 1.82) is 0 Å². The van der Waals surface area contributed by atoms with Crippen molar-refractivity contribution in [2.75, 3.05) is 51.4 Å². The maximum absolute atomic E-state index is 12.5. The van der Waals surface area contributed by atoms with E-state index in [1.807, 2.05) is 18.2 Å². The molecular weight excluding hydrogens is 363 g/mol. The van der Waals surface area contributed by atoms with Gasteiger partial charge < -0.3 is 24.8 Å². The molecule has 0 saturated carbocycles. The Labute approximate surface area is 162 Å². The Morgan fingerprint density at radius 2 is 1.93 bits per heavy atom. The number of piperazine rings is 1. The Kier molecular flexibility index (Phi) is 4.95. The number of alkyl halides is 1. The number of aromatic amines is 1. The number of fused-ring (bicyclic) bond motifs is 1. The van der Waals surface area contributed by atoms with Crippen LogP contribution < -0.4 is 9.64 Å². The molecule has 0 radical (unpaired) electrons. The standard InChI is InChI=1S/C20H23FN4O3/c1-28-18-11-13(10-17(26)19(18)27)20-22-15-3-2-14(12-16(15)23-20)25-8-6-24(5-4-21)7-9-25/h2-3,10-12,26-27H,4-9H2,1H3,(H,22,23). The summed E-state index contributed by atoms with van der Waals surface area (Å²) in [6.45, 7) is 3.61. The van der Waals surface area contributed by atoms with Crippen LogP contribution in [0.1, 0.15) is 0 Å². The maximum atomic E-state index is 12.5. The van der Waals surface area contributed by atoms with Gasteiger partial charge >= 0.3 is 0 Å². The summed E-state index contributed by atoms with van der Waals surface area (Å²) in [7, 11) is 1.43. The average molecular weight is 386 g/mol. The maximum Gasteiger partial charge on any atom is 0.200 e. The number of aromatic nitrogens is 2. The highest BCUT2D eigenvalue weighted by molar-refractivity contribution is 5.83. The second-order valence-corrected chi connectivity index (χ2v) is 6.85. The van der Waals surface area contributed by atoms with E-state index in [0.29, 0.717) is 17.9 Å². The van der Waals surface area contributed by atoms with Crippen molar-refractivity contribution in [2.24, 2.45) is 0 Å². The van der Waals surface area contributed by atoms with E-state index in [9.17, 15) is 14.6 Å². The second-order valence-electron chi connectivity index (χ2n) is 6.85. The normalized spacial score (nSPS) is 15.3. The molecule has 0 aliphatic carbocycles. The minimum absolute atomic E-state index is 0.183. The monoisotopic (exact) mass is 386 g/mol. The molecule has 2 heterocycles. The summed E-state index contributed by atoms with van der Waals surface area (Å²) >= 11 is 0. The molecule has 3 aromatic rings. The predicted molar refractivity (Wildman–Crippen MR) is 106 cm³/mol. The minimum atomic E-state index is -0.305. The van der Waals surface area contributed by atoms with E-state index in [-0.39, 0.29) is 23.9 Å². The van der Waals surface area contributed by atoms with Gasteiger partial charge in [-0.1, -0.05) is 0 Å². The van der Waals surface area contributed by atoms with Crippen LogP contribution in [0.15, 0.2) is 30.3 Å². The summed E-state index contributed by atoms with van der Waals surface area (Å²) in [5, 5.41) is 19.7. The third kappa shape index (κ3) is 3.43. The molecule has 0 amide bonds. The van der Waals surface area contributed by atoms with E-state index < -0.39 is 0 Å². The number of anilines is 1. The summed E-state index contributed by atoms with van der Waals surface area (Å²) < 4.78 is 17.6. The van der Waals surface area contributed by atoms with Crippen LogP contribution >= 0.6 is 0 Å². The SMILES string of the molecule is COc1cc(-c2nc3ccc(N4CCN(CCF)CC4)cc3[nH]2)cc(O)c1O. The van der Waals surface area contributed by atoms with Gasteiger partial charge in [-0.15, -0.1) is 0 Å². The number of benzene rings is 2. The van der Waals surface area contributed by atoms with Crippen LogP contribution in [-0.2, 0) is 0 Å². The van der Waals surface area contributed by atoms with Gasteiger partial charge in [-0.05, 0) is 30.3 Å². The van der Waals surface area contributed by atoms with Gasteiger partial charge in [0.2, 0.25) is 5.75 Å². The van der Waals surface area contributed by atoms with Crippen molar-refractivity contribution in [3.63, 3.8) is 0 Å². The topological polar surface area (TPSA) is 84.9 Å². The van der Waals surface area contributed by atoms with Crippen molar-refractivity contribution >= 4 is 16.7 Å². The van der Waals surface area contributed by atoms with Crippen LogP contribution in [0.25, 0.3) is 22.4 Å². The van der Waals surface area contributed by atoms with Gasteiger partial charge in [0.1, 0.15) is 12.5 Å². The van der Waals surface area contributed by atoms with E-state index in [1.54, 1.807) is 6.07 Å². The van der Waals surface area contributed by atoms with Gasteiger partial charge in [-0.3, -0.25) is 4.90 Å². The number of methoxy groups -OCH3 is 1. The molecule has 0 spiro atoms. The van der Waals surface area contributed by atoms with Gasteiger partial charge in [0.25, 0.3) is 0 Å². The van der Waals surface area contributed by atoms with E-state index in [1.165, 1.54) is 13.2 Å². The predicted octanol–water partition coefficient (Wildman–Crippen LogP) is 2.74. The molecule has 1 saturated heterocycles. The minimum Gasteiger partial charge on any atom is -0.504 e. The first kappa shape index (κ1) is 18.4. The summed E-state index contributed by atoms with van der Waals surface area (Å²) in [6, 6.07) is 9.11. The van der Waals surface area contributed by atoms with Crippen molar-refractivity contribution in [3.8, 4) is 28.6 Å². The number of hydrogen-bond acceptors (Lipinski definition) is 6. The first-order valence-electron chi connectivity index (χ1n) is 9.22. The van der Waals surface area contributed by atoms with E-state index >= 15 is 0 Å². The van der Waals surface area contributed by atoms with Gasteiger partial charge in [-0.25, -0.2) is 9.37 Å². The molecular formula is C20H23FN4O3. The van der Waals surface area contributed by atoms with Gasteiger partial charge in [0.15, 0.2) is 11.5 Å². The fourth-order valence-electron chi connectivity index (χ4n) is 3.57. The van der Waals surface area contributed by atoms with Crippen molar-refractivity contribution < 1.29 is 19.3 Å². The van der Waals surface area contributed by atoms with Gasteiger partial charge in [-0.2, -0.15) is 0 Å². The number of rotatable bonds is 5. The molecule has 8 heteroatoms. The number of hydrogen-bond donors (Lipinski definition) is 3. The smallest absolute Gasteiger partial charge is 0.200 e. The van der Waals surface area contributed by atoms with Gasteiger partial charge in [0, 0.05) is 44.0 Å². The Morgan fingerprint density at radius 3 is 2.64 bits per heavy atom. The van der Waals surface area contributed by atoms with E-state index in [2.05, 4.69) is 19.8 Å². The average Bonchev–Trinajstić information content (AvgIpc) is 3.14. The number of phenolic OH excluding ortho intramolecular Hbond substituents is 2. The number of halogens is 1. The zero-order chi connectivity index (χ0) is 19.7. The zero-order valence-electron chi connectivity index (χ0n) is 15.7. The molecule has 4 rings (SSSR count). The first-order valence-corrected chi connectivity index (χ1v) is 9.22. The molecule has 1 aliphatic rings. The third-order valence-corrected chi connectivity index (χ3v) is 5.15. The highest BCUT2D eigenvalue weighted by Crippen LogP contribution is 2.39. The number of imidazole rings is 1. The van der Waals surface area contributed by atoms with Crippen molar-refractivity contribution in [1.82, 2.24) is 14.9 Å². The molecule has 0 bridgehead atoms. The Balaban J connectivity index is 1.60. The third-order valence-electron chi connectivity index (χ3n) is 5.15. The fraction of sp³-hybridized carbons (Fsp3) is 0.350. The summed E-state index contributed by atoms with van der Waals surface area (Å²) in [4.78, 5) is 12.3. The fourth-order valence-corrected chi connectivity index (χ4v) is 3.57. The number of phenols is 2. The lowest BCUT2D eigenvalue weighted by molar-refractivity contribution is 0.235. The van der Waals surface area contributed by atoms with Crippen molar-refractivity contribution in [3.05, 3.63) is 30.3 Å². The first-order chi connectivity index (χ1) is 13.6. The zero-order valence-corrected chi connectivity index (χ0v) is 15.7. The number of ether oxygens (including phenoxy) is 1. The molecule has 28 heavy (non-hydrogen) atoms. The number of nitrogens with one attached hydrogen (secondary N) is 1. The van der Waals surface area contributed by atoms with Crippen LogP contribution in [0.3, 0.4) is 0 Å². The second kappa shape index (κ2) is 7.55. The number of H-pyrrole nitrogens is 1. The molecule has 7 nitrogen and oxygen atoms in total. The molecule has 1 aliphatic heterocycles. The number of aromatic hydroxyl groups is 2. The molecule has 148 valence electrons. The lowest BCUT2D eigenvalue weighted by atomic mass is 10.1. The lowest BCUT2D eigenvalue weighted by Crippen LogP contribution is -2.47. The Hall–Kier alpha value is -3.00.